The molecule has 0 radical (unpaired) electrons. The molecule has 6 amide bonds. The number of nitrogens with one attached hydrogen (secondary N) is 4. The lowest BCUT2D eigenvalue weighted by molar-refractivity contribution is -0.157. The number of benzene rings is 1. The van der Waals surface area contributed by atoms with Crippen LogP contribution in [0, 0.1) is 11.8 Å². The van der Waals surface area contributed by atoms with Gasteiger partial charge in [-0.1, -0.05) is 64.4 Å². The molecular formula is C36H52N6O8. The van der Waals surface area contributed by atoms with Crippen molar-refractivity contribution in [3.8, 4) is 0 Å². The summed E-state index contributed by atoms with van der Waals surface area (Å²) in [5.74, 6) is -4.86. The van der Waals surface area contributed by atoms with Gasteiger partial charge < -0.3 is 35.8 Å². The largest absolute Gasteiger partial charge is 0.458 e. The third-order valence-electron chi connectivity index (χ3n) is 9.98. The molecule has 8 atom stereocenters. The zero-order valence-corrected chi connectivity index (χ0v) is 29.9. The number of carbonyl (C=O) groups is 7. The summed E-state index contributed by atoms with van der Waals surface area (Å²) in [6, 6.07) is 2.73. The Kier molecular flexibility index (Phi) is 13.0. The number of hydrogen-bond donors (Lipinski definition) is 4. The van der Waals surface area contributed by atoms with E-state index < -0.39 is 83.8 Å². The molecule has 1 aromatic rings. The Morgan fingerprint density at radius 1 is 0.840 bits per heavy atom. The van der Waals surface area contributed by atoms with E-state index in [0.717, 1.165) is 5.56 Å². The van der Waals surface area contributed by atoms with Crippen LogP contribution in [0.15, 0.2) is 30.3 Å². The summed E-state index contributed by atoms with van der Waals surface area (Å²) in [5.41, 5.74) is 0.767. The fourth-order valence-electron chi connectivity index (χ4n) is 6.90. The van der Waals surface area contributed by atoms with Gasteiger partial charge in [-0.15, -0.1) is 0 Å². The fourth-order valence-corrected chi connectivity index (χ4v) is 6.90. The molecular weight excluding hydrogens is 644 g/mol. The molecule has 274 valence electrons. The van der Waals surface area contributed by atoms with Crippen molar-refractivity contribution in [2.24, 2.45) is 11.8 Å². The molecule has 14 nitrogen and oxygen atoms in total. The van der Waals surface area contributed by atoms with Crippen LogP contribution in [0.4, 0.5) is 0 Å². The second kappa shape index (κ2) is 16.9. The summed E-state index contributed by atoms with van der Waals surface area (Å²) in [6.07, 6.45) is 1.34. The molecule has 14 heteroatoms. The quantitative estimate of drug-likeness (QED) is 0.315. The number of esters is 1. The number of nitrogens with zero attached hydrogens (tertiary/aromatic N) is 2. The fraction of sp³-hybridized carbons (Fsp3) is 0.639. The molecule has 4 N–H and O–H groups in total. The zero-order valence-electron chi connectivity index (χ0n) is 29.9. The van der Waals surface area contributed by atoms with Crippen LogP contribution in [-0.2, 0) is 44.7 Å². The van der Waals surface area contributed by atoms with E-state index in [0.29, 0.717) is 45.2 Å². The average molecular weight is 697 g/mol. The highest BCUT2D eigenvalue weighted by atomic mass is 16.5. The molecule has 3 heterocycles. The maximum atomic E-state index is 14.2. The molecule has 4 rings (SSSR count). The topological polar surface area (TPSA) is 183 Å². The summed E-state index contributed by atoms with van der Waals surface area (Å²) in [4.78, 5) is 98.8. The van der Waals surface area contributed by atoms with Crippen LogP contribution in [0.1, 0.15) is 79.2 Å². The van der Waals surface area contributed by atoms with Crippen molar-refractivity contribution in [3.63, 3.8) is 0 Å². The Hall–Kier alpha value is -4.49. The average Bonchev–Trinajstić information content (AvgIpc) is 3.78. The molecule has 3 aliphatic heterocycles. The number of carbonyl (C=O) groups excluding carboxylic acids is 7. The van der Waals surface area contributed by atoms with Crippen LogP contribution in [-0.4, -0.2) is 107 Å². The maximum Gasteiger partial charge on any atom is 0.329 e. The first-order valence-corrected chi connectivity index (χ1v) is 17.8. The van der Waals surface area contributed by atoms with Gasteiger partial charge in [0.15, 0.2) is 0 Å². The molecule has 1 aromatic carbocycles. The lowest BCUT2D eigenvalue weighted by Gasteiger charge is -2.35. The number of hydrogen-bond acceptors (Lipinski definition) is 8. The highest BCUT2D eigenvalue weighted by Crippen LogP contribution is 2.27. The predicted molar refractivity (Wildman–Crippen MR) is 183 cm³/mol. The molecule has 0 spiro atoms. The lowest BCUT2D eigenvalue weighted by Crippen LogP contribution is -2.61. The molecule has 3 saturated heterocycles. The van der Waals surface area contributed by atoms with E-state index in [1.165, 1.54) is 23.6 Å². The Bertz CT molecular complexity index is 1440. The molecule has 3 aliphatic rings. The standard InChI is InChI=1S/C36H52N6O8/c1-7-21(4)29-35(48)42-18-12-16-27(42)34(47)41-17-11-15-26(41)32(45)38-25(19-24-13-9-8-10-14-24)31(44)39-28(20(2)3)36(49)50-22(5)30(33(46)40-29)37-23(6)43/h8-10,13-14,20-22,25-30H,7,11-12,15-19H2,1-6H3,(H,37,43)(H,38,45)(H,39,44)(H,40,46)/t21-,22+,25-,26-,27-,28?,29+,30-/m0/s1. The van der Waals surface area contributed by atoms with Crippen molar-refractivity contribution >= 4 is 41.4 Å². The first kappa shape index (κ1) is 38.3. The molecule has 3 fully saturated rings. The van der Waals surface area contributed by atoms with Crippen molar-refractivity contribution in [2.45, 2.75) is 122 Å². The summed E-state index contributed by atoms with van der Waals surface area (Å²) >= 11 is 0. The van der Waals surface area contributed by atoms with Gasteiger partial charge in [0.25, 0.3) is 0 Å². The van der Waals surface area contributed by atoms with Crippen LogP contribution in [0.2, 0.25) is 0 Å². The lowest BCUT2D eigenvalue weighted by atomic mass is 9.96. The van der Waals surface area contributed by atoms with Gasteiger partial charge in [0, 0.05) is 26.4 Å². The minimum Gasteiger partial charge on any atom is -0.458 e. The predicted octanol–water partition coefficient (Wildman–Crippen LogP) is 0.818. The summed E-state index contributed by atoms with van der Waals surface area (Å²) < 4.78 is 5.72. The third kappa shape index (κ3) is 8.99. The molecule has 50 heavy (non-hydrogen) atoms. The SMILES string of the molecule is CC[C@H](C)[C@H]1NC(=O)[C@@H](NC(C)=O)[C@@H](C)OC(=O)C(C(C)C)NC(=O)[C@H](Cc2ccccc2)NC(=O)[C@@H]2CCCN2C(=O)[C@@H]2CCCN2C1=O. The van der Waals surface area contributed by atoms with Gasteiger partial charge in [-0.25, -0.2) is 4.79 Å². The summed E-state index contributed by atoms with van der Waals surface area (Å²) in [5, 5.41) is 10.9. The third-order valence-corrected chi connectivity index (χ3v) is 9.98. The van der Waals surface area contributed by atoms with E-state index in [4.69, 9.17) is 4.74 Å². The van der Waals surface area contributed by atoms with Gasteiger partial charge in [-0.05, 0) is 50.0 Å². The second-order valence-electron chi connectivity index (χ2n) is 14.1. The van der Waals surface area contributed by atoms with E-state index in [-0.39, 0.29) is 18.2 Å². The van der Waals surface area contributed by atoms with Crippen LogP contribution in [0.5, 0.6) is 0 Å². The minimum absolute atomic E-state index is 0.113. The Balaban J connectivity index is 1.76. The number of cyclic esters (lactones) is 1. The van der Waals surface area contributed by atoms with Gasteiger partial charge in [-0.3, -0.25) is 28.8 Å². The number of fused-ring (bicyclic) bond motifs is 2. The van der Waals surface area contributed by atoms with Gasteiger partial charge in [-0.2, -0.15) is 0 Å². The van der Waals surface area contributed by atoms with E-state index in [1.54, 1.807) is 13.8 Å². The first-order valence-electron chi connectivity index (χ1n) is 17.8. The van der Waals surface area contributed by atoms with Gasteiger partial charge >= 0.3 is 5.97 Å². The van der Waals surface area contributed by atoms with E-state index in [2.05, 4.69) is 21.3 Å². The van der Waals surface area contributed by atoms with Crippen LogP contribution >= 0.6 is 0 Å². The van der Waals surface area contributed by atoms with Crippen molar-refractivity contribution in [1.82, 2.24) is 31.1 Å². The molecule has 0 aliphatic carbocycles. The maximum absolute atomic E-state index is 14.2. The number of ether oxygens (including phenoxy) is 1. The number of rotatable bonds is 6. The smallest absolute Gasteiger partial charge is 0.329 e. The molecule has 0 bridgehead atoms. The number of amides is 6. The van der Waals surface area contributed by atoms with Gasteiger partial charge in [0.2, 0.25) is 35.4 Å². The molecule has 0 aromatic heterocycles. The molecule has 1 unspecified atom stereocenters. The van der Waals surface area contributed by atoms with E-state index in [9.17, 15) is 33.6 Å². The minimum atomic E-state index is -1.37. The van der Waals surface area contributed by atoms with Crippen molar-refractivity contribution < 1.29 is 38.3 Å². The first-order chi connectivity index (χ1) is 23.7. The normalized spacial score (nSPS) is 29.5. The summed E-state index contributed by atoms with van der Waals surface area (Å²) in [6.45, 7) is 10.4. The van der Waals surface area contributed by atoms with E-state index in [1.807, 2.05) is 44.2 Å². The van der Waals surface area contributed by atoms with E-state index >= 15 is 0 Å². The Labute approximate surface area is 293 Å². The Morgan fingerprint density at radius 2 is 1.44 bits per heavy atom. The van der Waals surface area contributed by atoms with Crippen molar-refractivity contribution in [2.75, 3.05) is 13.1 Å². The van der Waals surface area contributed by atoms with Crippen LogP contribution < -0.4 is 21.3 Å². The zero-order chi connectivity index (χ0) is 36.7. The van der Waals surface area contributed by atoms with Crippen molar-refractivity contribution in [1.29, 1.82) is 0 Å². The van der Waals surface area contributed by atoms with Crippen molar-refractivity contribution in [3.05, 3.63) is 35.9 Å². The summed E-state index contributed by atoms with van der Waals surface area (Å²) in [7, 11) is 0. The monoisotopic (exact) mass is 696 g/mol. The second-order valence-corrected chi connectivity index (χ2v) is 14.1. The Morgan fingerprint density at radius 3 is 2.04 bits per heavy atom. The van der Waals surface area contributed by atoms with Gasteiger partial charge in [0.05, 0.1) is 0 Å². The van der Waals surface area contributed by atoms with Gasteiger partial charge in [0.1, 0.15) is 42.4 Å². The highest BCUT2D eigenvalue weighted by molar-refractivity contribution is 5.98. The van der Waals surface area contributed by atoms with Crippen LogP contribution in [0.3, 0.4) is 0 Å². The van der Waals surface area contributed by atoms with Crippen LogP contribution in [0.25, 0.3) is 0 Å². The highest BCUT2D eigenvalue weighted by Gasteiger charge is 2.45. The molecule has 0 saturated carbocycles.